The van der Waals surface area contributed by atoms with Crippen molar-refractivity contribution in [3.63, 3.8) is 0 Å². The quantitative estimate of drug-likeness (QED) is 0.836. The summed E-state index contributed by atoms with van der Waals surface area (Å²) in [5, 5.41) is 4.07. The topological polar surface area (TPSA) is 29.9 Å². The van der Waals surface area contributed by atoms with Crippen molar-refractivity contribution < 1.29 is 0 Å². The van der Waals surface area contributed by atoms with Gasteiger partial charge in [-0.3, -0.25) is 0 Å². The molecule has 1 unspecified atom stereocenters. The van der Waals surface area contributed by atoms with Gasteiger partial charge >= 0.3 is 0 Å². The summed E-state index contributed by atoms with van der Waals surface area (Å²) < 4.78 is 1.90. The molecule has 0 saturated heterocycles. The highest BCUT2D eigenvalue weighted by atomic mass is 35.5. The fourth-order valence-electron chi connectivity index (χ4n) is 1.36. The minimum Gasteiger partial charge on any atom is -0.321 e. The molecule has 1 rings (SSSR count). The Kier molecular flexibility index (Phi) is 5.50. The van der Waals surface area contributed by atoms with Crippen LogP contribution in [0.3, 0.4) is 0 Å². The summed E-state index contributed by atoms with van der Waals surface area (Å²) in [5.74, 6) is 2.86. The molecule has 0 aromatic carbocycles. The summed E-state index contributed by atoms with van der Waals surface area (Å²) in [7, 11) is 1.93. The molecular formula is C10H18ClN3S. The van der Waals surface area contributed by atoms with Gasteiger partial charge < -0.3 is 9.88 Å². The van der Waals surface area contributed by atoms with Gasteiger partial charge in [0.15, 0.2) is 0 Å². The molecule has 1 aromatic rings. The van der Waals surface area contributed by atoms with Crippen molar-refractivity contribution in [1.82, 2.24) is 14.9 Å². The van der Waals surface area contributed by atoms with Crippen LogP contribution in [0.5, 0.6) is 0 Å². The monoisotopic (exact) mass is 247 g/mol. The van der Waals surface area contributed by atoms with Gasteiger partial charge in [-0.15, -0.1) is 0 Å². The molecule has 0 aliphatic carbocycles. The third-order valence-corrected chi connectivity index (χ3v) is 3.51. The van der Waals surface area contributed by atoms with Gasteiger partial charge in [-0.2, -0.15) is 11.8 Å². The van der Waals surface area contributed by atoms with E-state index < -0.39 is 0 Å². The van der Waals surface area contributed by atoms with Crippen LogP contribution in [0, 0.1) is 5.92 Å². The van der Waals surface area contributed by atoms with Crippen molar-refractivity contribution in [2.45, 2.75) is 13.5 Å². The molecule has 3 nitrogen and oxygen atoms in total. The van der Waals surface area contributed by atoms with Crippen LogP contribution in [0.25, 0.3) is 0 Å². The van der Waals surface area contributed by atoms with E-state index in [2.05, 4.69) is 23.5 Å². The second-order valence-electron chi connectivity index (χ2n) is 3.75. The maximum atomic E-state index is 5.89. The van der Waals surface area contributed by atoms with Crippen molar-refractivity contribution in [2.75, 3.05) is 18.6 Å². The number of hydrogen-bond acceptors (Lipinski definition) is 3. The fourth-order valence-corrected chi connectivity index (χ4v) is 2.20. The van der Waals surface area contributed by atoms with E-state index in [1.165, 1.54) is 5.75 Å². The number of imidazole rings is 1. The third kappa shape index (κ3) is 4.05. The Balaban J connectivity index is 2.29. The minimum atomic E-state index is 0.684. The molecular weight excluding hydrogens is 230 g/mol. The van der Waals surface area contributed by atoms with E-state index in [1.54, 1.807) is 6.20 Å². The molecule has 1 atom stereocenters. The summed E-state index contributed by atoms with van der Waals surface area (Å²) in [4.78, 5) is 4.22. The van der Waals surface area contributed by atoms with E-state index in [9.17, 15) is 0 Å². The number of halogens is 1. The van der Waals surface area contributed by atoms with Crippen LogP contribution in [-0.2, 0) is 13.6 Å². The predicted molar refractivity (Wildman–Crippen MR) is 67.5 cm³/mol. The molecule has 0 bridgehead atoms. The number of thioether (sulfide) groups is 1. The smallest absolute Gasteiger partial charge is 0.128 e. The van der Waals surface area contributed by atoms with Crippen LogP contribution in [0.4, 0.5) is 0 Å². The molecule has 1 N–H and O–H groups in total. The molecule has 15 heavy (non-hydrogen) atoms. The van der Waals surface area contributed by atoms with Crippen LogP contribution in [0.2, 0.25) is 5.15 Å². The molecule has 0 fully saturated rings. The fraction of sp³-hybridized carbons (Fsp3) is 0.700. The first kappa shape index (κ1) is 12.9. The van der Waals surface area contributed by atoms with Crippen molar-refractivity contribution in [2.24, 2.45) is 13.0 Å². The van der Waals surface area contributed by atoms with Gasteiger partial charge in [0.1, 0.15) is 11.0 Å². The Morgan fingerprint density at radius 1 is 1.67 bits per heavy atom. The second kappa shape index (κ2) is 6.40. The average molecular weight is 248 g/mol. The van der Waals surface area contributed by atoms with Gasteiger partial charge in [0, 0.05) is 7.05 Å². The molecule has 0 amide bonds. The van der Waals surface area contributed by atoms with Gasteiger partial charge in [-0.25, -0.2) is 4.98 Å². The summed E-state index contributed by atoms with van der Waals surface area (Å²) >= 11 is 7.77. The zero-order chi connectivity index (χ0) is 11.3. The Morgan fingerprint density at radius 3 is 2.93 bits per heavy atom. The van der Waals surface area contributed by atoms with E-state index in [-0.39, 0.29) is 0 Å². The molecule has 0 radical (unpaired) electrons. The first-order chi connectivity index (χ1) is 7.15. The molecule has 5 heteroatoms. The van der Waals surface area contributed by atoms with Crippen LogP contribution in [0.15, 0.2) is 6.20 Å². The maximum absolute atomic E-state index is 5.89. The van der Waals surface area contributed by atoms with Gasteiger partial charge in [0.25, 0.3) is 0 Å². The van der Waals surface area contributed by atoms with E-state index in [4.69, 9.17) is 11.6 Å². The molecule has 1 heterocycles. The molecule has 0 saturated carbocycles. The highest BCUT2D eigenvalue weighted by molar-refractivity contribution is 7.98. The van der Waals surface area contributed by atoms with Crippen molar-refractivity contribution in [1.29, 1.82) is 0 Å². The largest absolute Gasteiger partial charge is 0.321 e. The van der Waals surface area contributed by atoms with E-state index in [1.807, 2.05) is 23.4 Å². The van der Waals surface area contributed by atoms with Gasteiger partial charge in [0.05, 0.1) is 12.7 Å². The lowest BCUT2D eigenvalue weighted by molar-refractivity contribution is 0.543. The van der Waals surface area contributed by atoms with Gasteiger partial charge in [-0.1, -0.05) is 18.5 Å². The summed E-state index contributed by atoms with van der Waals surface area (Å²) in [5.41, 5.74) is 0. The van der Waals surface area contributed by atoms with Crippen LogP contribution < -0.4 is 5.32 Å². The second-order valence-corrected chi connectivity index (χ2v) is 5.05. The first-order valence-corrected chi connectivity index (χ1v) is 6.78. The number of rotatable bonds is 6. The number of hydrogen-bond donors (Lipinski definition) is 1. The Morgan fingerprint density at radius 2 is 2.40 bits per heavy atom. The first-order valence-electron chi connectivity index (χ1n) is 5.01. The molecule has 86 valence electrons. The zero-order valence-electron chi connectivity index (χ0n) is 9.46. The standard InChI is InChI=1S/C10H18ClN3S/c1-8(7-15-3)4-12-6-10-13-5-9(11)14(10)2/h5,8,12H,4,6-7H2,1-3H3. The predicted octanol–water partition coefficient (Wildman–Crippen LogP) is 2.16. The zero-order valence-corrected chi connectivity index (χ0v) is 11.0. The third-order valence-electron chi connectivity index (χ3n) is 2.25. The van der Waals surface area contributed by atoms with Crippen molar-refractivity contribution >= 4 is 23.4 Å². The Hall–Kier alpha value is -0.190. The van der Waals surface area contributed by atoms with E-state index in [0.717, 1.165) is 18.9 Å². The van der Waals surface area contributed by atoms with Crippen LogP contribution in [-0.4, -0.2) is 28.1 Å². The Bertz CT molecular complexity index is 301. The lowest BCUT2D eigenvalue weighted by atomic mass is 10.2. The summed E-state index contributed by atoms with van der Waals surface area (Å²) in [6.45, 7) is 4.04. The SMILES string of the molecule is CSCC(C)CNCc1ncc(Cl)n1C. The molecule has 0 aliphatic heterocycles. The molecule has 0 spiro atoms. The highest BCUT2D eigenvalue weighted by Gasteiger charge is 2.05. The van der Waals surface area contributed by atoms with Crippen LogP contribution in [0.1, 0.15) is 12.7 Å². The number of nitrogens with one attached hydrogen (secondary N) is 1. The Labute approximate surface area is 101 Å². The van der Waals surface area contributed by atoms with E-state index in [0.29, 0.717) is 11.1 Å². The maximum Gasteiger partial charge on any atom is 0.128 e. The number of nitrogens with zero attached hydrogens (tertiary/aromatic N) is 2. The molecule has 1 aromatic heterocycles. The average Bonchev–Trinajstić information content (AvgIpc) is 2.50. The van der Waals surface area contributed by atoms with E-state index >= 15 is 0 Å². The minimum absolute atomic E-state index is 0.684. The highest BCUT2D eigenvalue weighted by Crippen LogP contribution is 2.09. The van der Waals surface area contributed by atoms with Gasteiger partial charge in [0.2, 0.25) is 0 Å². The van der Waals surface area contributed by atoms with Gasteiger partial charge in [-0.05, 0) is 24.5 Å². The summed E-state index contributed by atoms with van der Waals surface area (Å²) in [6.07, 6.45) is 3.82. The van der Waals surface area contributed by atoms with Crippen LogP contribution >= 0.6 is 23.4 Å². The van der Waals surface area contributed by atoms with Crippen molar-refractivity contribution in [3.05, 3.63) is 17.2 Å². The lowest BCUT2D eigenvalue weighted by Crippen LogP contribution is -2.23. The normalized spacial score (nSPS) is 13.1. The molecule has 0 aliphatic rings. The lowest BCUT2D eigenvalue weighted by Gasteiger charge is -2.10. The number of aromatic nitrogens is 2. The summed E-state index contributed by atoms with van der Waals surface area (Å²) in [6, 6.07) is 0. The van der Waals surface area contributed by atoms with Crippen molar-refractivity contribution in [3.8, 4) is 0 Å².